The van der Waals surface area contributed by atoms with Crippen LogP contribution in [0.25, 0.3) is 0 Å². The molecule has 0 aliphatic heterocycles. The molecule has 1 aromatic carbocycles. The highest BCUT2D eigenvalue weighted by atomic mass is 16.5. The predicted octanol–water partition coefficient (Wildman–Crippen LogP) is 6.85. The fourth-order valence-corrected chi connectivity index (χ4v) is 3.98. The van der Waals surface area contributed by atoms with Gasteiger partial charge in [0, 0.05) is 24.8 Å². The molecule has 0 aliphatic rings. The third-order valence-corrected chi connectivity index (χ3v) is 6.01. The van der Waals surface area contributed by atoms with E-state index in [4.69, 9.17) is 9.47 Å². The zero-order valence-electron chi connectivity index (χ0n) is 21.7. The fourth-order valence-electron chi connectivity index (χ4n) is 3.98. The highest BCUT2D eigenvalue weighted by Gasteiger charge is 2.09. The standard InChI is InChI=1S/C27H49N3O3/c1-5-7-9-11-13-15-20-30(21-16-14-12-10-8-6-2)22-19-28-27(31)29-24-17-18-25(32-3)26(23-24)33-4/h17-18,23H,5-16,19-22H2,1-4H3,(H2,28,29,31). The number of urea groups is 1. The summed E-state index contributed by atoms with van der Waals surface area (Å²) in [6, 6.07) is 5.17. The number of carbonyl (C=O) groups excluding carboxylic acids is 1. The first-order valence-electron chi connectivity index (χ1n) is 13.1. The molecule has 190 valence electrons. The molecule has 2 amide bonds. The van der Waals surface area contributed by atoms with E-state index in [1.807, 2.05) is 6.07 Å². The Morgan fingerprint density at radius 2 is 1.30 bits per heavy atom. The summed E-state index contributed by atoms with van der Waals surface area (Å²) in [6.07, 6.45) is 15.8. The van der Waals surface area contributed by atoms with Gasteiger partial charge in [0.25, 0.3) is 0 Å². The number of methoxy groups -OCH3 is 2. The molecule has 0 heterocycles. The Hall–Kier alpha value is -1.95. The maximum Gasteiger partial charge on any atom is 0.319 e. The molecule has 0 atom stereocenters. The van der Waals surface area contributed by atoms with Gasteiger partial charge in [0.05, 0.1) is 14.2 Å². The second kappa shape index (κ2) is 19.5. The van der Waals surface area contributed by atoms with Gasteiger partial charge in [-0.05, 0) is 38.1 Å². The number of hydrogen-bond acceptors (Lipinski definition) is 4. The van der Waals surface area contributed by atoms with Gasteiger partial charge in [0.1, 0.15) is 0 Å². The van der Waals surface area contributed by atoms with E-state index in [2.05, 4.69) is 29.4 Å². The van der Waals surface area contributed by atoms with Crippen LogP contribution >= 0.6 is 0 Å². The second-order valence-corrected chi connectivity index (χ2v) is 8.83. The van der Waals surface area contributed by atoms with Crippen molar-refractivity contribution in [3.8, 4) is 11.5 Å². The maximum atomic E-state index is 12.4. The van der Waals surface area contributed by atoms with Gasteiger partial charge in [-0.25, -0.2) is 4.79 Å². The molecule has 1 aromatic rings. The molecule has 0 fully saturated rings. The number of amides is 2. The summed E-state index contributed by atoms with van der Waals surface area (Å²) in [5.74, 6) is 1.24. The number of ether oxygens (including phenoxy) is 2. The van der Waals surface area contributed by atoms with Crippen molar-refractivity contribution in [2.75, 3.05) is 45.7 Å². The van der Waals surface area contributed by atoms with Crippen LogP contribution in [0.4, 0.5) is 10.5 Å². The predicted molar refractivity (Wildman–Crippen MR) is 140 cm³/mol. The summed E-state index contributed by atoms with van der Waals surface area (Å²) in [6.45, 7) is 8.31. The molecule has 1 rings (SSSR count). The first kappa shape index (κ1) is 29.1. The SMILES string of the molecule is CCCCCCCCN(CCCCCCCC)CCNC(=O)Nc1ccc(OC)c(OC)c1. The molecule has 0 aromatic heterocycles. The van der Waals surface area contributed by atoms with Crippen LogP contribution in [-0.4, -0.2) is 51.3 Å². The third kappa shape index (κ3) is 14.0. The average molecular weight is 464 g/mol. The second-order valence-electron chi connectivity index (χ2n) is 8.83. The Bertz CT molecular complexity index is 609. The minimum Gasteiger partial charge on any atom is -0.493 e. The van der Waals surface area contributed by atoms with E-state index in [9.17, 15) is 4.79 Å². The molecule has 6 heteroatoms. The molecular weight excluding hydrogens is 414 g/mol. The number of hydrogen-bond donors (Lipinski definition) is 2. The highest BCUT2D eigenvalue weighted by Crippen LogP contribution is 2.29. The molecule has 0 saturated heterocycles. The summed E-state index contributed by atoms with van der Waals surface area (Å²) in [7, 11) is 3.18. The van der Waals surface area contributed by atoms with Gasteiger partial charge < -0.3 is 25.0 Å². The minimum atomic E-state index is -0.193. The lowest BCUT2D eigenvalue weighted by Crippen LogP contribution is -2.37. The van der Waals surface area contributed by atoms with Crippen LogP contribution in [0, 0.1) is 0 Å². The fraction of sp³-hybridized carbons (Fsp3) is 0.741. The third-order valence-electron chi connectivity index (χ3n) is 6.01. The van der Waals surface area contributed by atoms with Crippen molar-refractivity contribution in [2.45, 2.75) is 90.9 Å². The van der Waals surface area contributed by atoms with Gasteiger partial charge in [-0.15, -0.1) is 0 Å². The zero-order valence-corrected chi connectivity index (χ0v) is 21.7. The van der Waals surface area contributed by atoms with Gasteiger partial charge in [-0.1, -0.05) is 78.1 Å². The Labute approximate surface area is 202 Å². The monoisotopic (exact) mass is 463 g/mol. The van der Waals surface area contributed by atoms with E-state index in [1.165, 1.54) is 77.0 Å². The van der Waals surface area contributed by atoms with Crippen molar-refractivity contribution in [2.24, 2.45) is 0 Å². The molecule has 0 radical (unpaired) electrons. The van der Waals surface area contributed by atoms with Gasteiger partial charge >= 0.3 is 6.03 Å². The van der Waals surface area contributed by atoms with Crippen LogP contribution in [-0.2, 0) is 0 Å². The summed E-state index contributed by atoms with van der Waals surface area (Å²) < 4.78 is 10.6. The van der Waals surface area contributed by atoms with Gasteiger partial charge in [0.2, 0.25) is 0 Å². The normalized spacial score (nSPS) is 10.9. The smallest absolute Gasteiger partial charge is 0.319 e. The molecule has 0 unspecified atom stereocenters. The Kier molecular flexibility index (Phi) is 17.2. The van der Waals surface area contributed by atoms with Crippen LogP contribution in [0.15, 0.2) is 18.2 Å². The first-order valence-corrected chi connectivity index (χ1v) is 13.1. The summed E-state index contributed by atoms with van der Waals surface area (Å²) >= 11 is 0. The highest BCUT2D eigenvalue weighted by molar-refractivity contribution is 5.89. The topological polar surface area (TPSA) is 62.8 Å². The Morgan fingerprint density at radius 3 is 1.85 bits per heavy atom. The quantitative estimate of drug-likeness (QED) is 0.208. The van der Waals surface area contributed by atoms with Crippen LogP contribution < -0.4 is 20.1 Å². The van der Waals surface area contributed by atoms with E-state index in [0.29, 0.717) is 23.7 Å². The van der Waals surface area contributed by atoms with Crippen molar-refractivity contribution in [3.63, 3.8) is 0 Å². The molecule has 0 aliphatic carbocycles. The van der Waals surface area contributed by atoms with Gasteiger partial charge in [-0.3, -0.25) is 0 Å². The van der Waals surface area contributed by atoms with Crippen LogP contribution in [0.2, 0.25) is 0 Å². The molecular formula is C27H49N3O3. The van der Waals surface area contributed by atoms with Gasteiger partial charge in [-0.2, -0.15) is 0 Å². The molecule has 6 nitrogen and oxygen atoms in total. The summed E-state index contributed by atoms with van der Waals surface area (Å²) in [5, 5.41) is 5.88. The number of unbranched alkanes of at least 4 members (excludes halogenated alkanes) is 10. The van der Waals surface area contributed by atoms with Crippen molar-refractivity contribution < 1.29 is 14.3 Å². The lowest BCUT2D eigenvalue weighted by molar-refractivity contribution is 0.241. The van der Waals surface area contributed by atoms with E-state index in [1.54, 1.807) is 26.4 Å². The van der Waals surface area contributed by atoms with Crippen molar-refractivity contribution >= 4 is 11.7 Å². The van der Waals surface area contributed by atoms with E-state index in [-0.39, 0.29) is 6.03 Å². The number of anilines is 1. The summed E-state index contributed by atoms with van der Waals surface area (Å²) in [4.78, 5) is 14.9. The van der Waals surface area contributed by atoms with E-state index in [0.717, 1.165) is 19.6 Å². The minimum absolute atomic E-state index is 0.193. The first-order chi connectivity index (χ1) is 16.1. The van der Waals surface area contributed by atoms with Crippen molar-refractivity contribution in [3.05, 3.63) is 18.2 Å². The number of benzene rings is 1. The van der Waals surface area contributed by atoms with E-state index >= 15 is 0 Å². The van der Waals surface area contributed by atoms with Crippen LogP contribution in [0.1, 0.15) is 90.9 Å². The molecule has 0 saturated carbocycles. The Morgan fingerprint density at radius 1 is 0.758 bits per heavy atom. The summed E-state index contributed by atoms with van der Waals surface area (Å²) in [5.41, 5.74) is 0.682. The van der Waals surface area contributed by atoms with Crippen molar-refractivity contribution in [1.29, 1.82) is 0 Å². The molecule has 0 bridgehead atoms. The lowest BCUT2D eigenvalue weighted by Gasteiger charge is -2.22. The lowest BCUT2D eigenvalue weighted by atomic mass is 10.1. The zero-order chi connectivity index (χ0) is 24.2. The maximum absolute atomic E-state index is 12.4. The molecule has 0 spiro atoms. The molecule has 2 N–H and O–H groups in total. The van der Waals surface area contributed by atoms with Crippen LogP contribution in [0.5, 0.6) is 11.5 Å². The van der Waals surface area contributed by atoms with Gasteiger partial charge in [0.15, 0.2) is 11.5 Å². The largest absolute Gasteiger partial charge is 0.493 e. The number of nitrogens with one attached hydrogen (secondary N) is 2. The molecule has 33 heavy (non-hydrogen) atoms. The average Bonchev–Trinajstić information content (AvgIpc) is 2.82. The van der Waals surface area contributed by atoms with Crippen LogP contribution in [0.3, 0.4) is 0 Å². The number of nitrogens with zero attached hydrogens (tertiary/aromatic N) is 1. The van der Waals surface area contributed by atoms with E-state index < -0.39 is 0 Å². The van der Waals surface area contributed by atoms with Crippen molar-refractivity contribution in [1.82, 2.24) is 10.2 Å². The Balaban J connectivity index is 2.39. The number of rotatable bonds is 20. The number of carbonyl (C=O) groups is 1.